The Hall–Kier alpha value is -4.14. The van der Waals surface area contributed by atoms with Crippen LogP contribution in [0.2, 0.25) is 0 Å². The highest BCUT2D eigenvalue weighted by Crippen LogP contribution is 2.44. The van der Waals surface area contributed by atoms with Crippen molar-refractivity contribution in [1.82, 2.24) is 15.1 Å². The van der Waals surface area contributed by atoms with Gasteiger partial charge in [0.05, 0.1) is 0 Å². The van der Waals surface area contributed by atoms with Crippen LogP contribution < -0.4 is 10.6 Å². The van der Waals surface area contributed by atoms with E-state index in [0.717, 1.165) is 22.3 Å². The maximum Gasteiger partial charge on any atom is 0.407 e. The number of nitrogens with one attached hydrogen (secondary N) is 2. The number of alkyl carbamates (subject to hydrolysis) is 1. The third-order valence-electron chi connectivity index (χ3n) is 6.22. The van der Waals surface area contributed by atoms with E-state index in [9.17, 15) is 14.4 Å². The molecule has 3 N–H and O–H groups in total. The molecule has 0 unspecified atom stereocenters. The van der Waals surface area contributed by atoms with Gasteiger partial charge in [0, 0.05) is 31.5 Å². The molecule has 35 heavy (non-hydrogen) atoms. The van der Waals surface area contributed by atoms with E-state index in [1.165, 1.54) is 17.8 Å². The van der Waals surface area contributed by atoms with Crippen LogP contribution in [0.3, 0.4) is 0 Å². The number of carbonyl (C=O) groups excluding carboxylic acids is 2. The molecule has 3 aromatic rings. The standard InChI is InChI=1S/C26H28N4O5/c1-15(2)21(12-24(31)28-23-13-22(25(32)33)30(3)29-23)27-26(34)35-14-20-18-10-6-4-8-16(18)17-9-5-7-11-19(17)20/h4-11,13,15,20-21H,12,14H2,1-3H3,(H,27,34)(H,32,33)(H,28,29,31)/t21-/m1/s1. The summed E-state index contributed by atoms with van der Waals surface area (Å²) in [4.78, 5) is 36.4. The fourth-order valence-electron chi connectivity index (χ4n) is 4.37. The number of rotatable bonds is 8. The van der Waals surface area contributed by atoms with Gasteiger partial charge in [-0.05, 0) is 28.2 Å². The van der Waals surface area contributed by atoms with Crippen LogP contribution in [0.4, 0.5) is 10.6 Å². The molecule has 2 aromatic carbocycles. The monoisotopic (exact) mass is 476 g/mol. The number of carboxylic acids is 1. The summed E-state index contributed by atoms with van der Waals surface area (Å²) in [7, 11) is 1.48. The predicted octanol–water partition coefficient (Wildman–Crippen LogP) is 4.01. The zero-order valence-electron chi connectivity index (χ0n) is 19.8. The van der Waals surface area contributed by atoms with Gasteiger partial charge in [-0.3, -0.25) is 9.48 Å². The molecular formula is C26H28N4O5. The minimum Gasteiger partial charge on any atom is -0.477 e. The number of benzene rings is 2. The third kappa shape index (κ3) is 5.18. The molecule has 9 nitrogen and oxygen atoms in total. The number of aromatic carboxylic acids is 1. The van der Waals surface area contributed by atoms with E-state index in [2.05, 4.69) is 40.0 Å². The van der Waals surface area contributed by atoms with Gasteiger partial charge in [0.25, 0.3) is 0 Å². The lowest BCUT2D eigenvalue weighted by atomic mass is 9.98. The number of carbonyl (C=O) groups is 3. The van der Waals surface area contributed by atoms with Gasteiger partial charge >= 0.3 is 12.1 Å². The first-order chi connectivity index (χ1) is 16.7. The summed E-state index contributed by atoms with van der Waals surface area (Å²) in [5.74, 6) is -1.49. The molecule has 0 saturated carbocycles. The summed E-state index contributed by atoms with van der Waals surface area (Å²) < 4.78 is 6.78. The second-order valence-corrected chi connectivity index (χ2v) is 8.92. The van der Waals surface area contributed by atoms with Crippen molar-refractivity contribution < 1.29 is 24.2 Å². The number of hydrogen-bond acceptors (Lipinski definition) is 5. The second-order valence-electron chi connectivity index (χ2n) is 8.92. The summed E-state index contributed by atoms with van der Waals surface area (Å²) in [6.07, 6.45) is -0.606. The number of amides is 2. The first kappa shape index (κ1) is 24.0. The van der Waals surface area contributed by atoms with E-state index in [0.29, 0.717) is 0 Å². The van der Waals surface area contributed by atoms with Crippen molar-refractivity contribution in [3.05, 3.63) is 71.4 Å². The average molecular weight is 477 g/mol. The Labute approximate surface area is 203 Å². The van der Waals surface area contributed by atoms with Crippen LogP contribution in [0, 0.1) is 5.92 Å². The number of fused-ring (bicyclic) bond motifs is 3. The number of anilines is 1. The molecule has 2 amide bonds. The van der Waals surface area contributed by atoms with Gasteiger partial charge < -0.3 is 20.5 Å². The van der Waals surface area contributed by atoms with Gasteiger partial charge in [0.2, 0.25) is 5.91 Å². The largest absolute Gasteiger partial charge is 0.477 e. The summed E-state index contributed by atoms with van der Waals surface area (Å²) in [5, 5.41) is 18.5. The molecule has 0 saturated heterocycles. The van der Waals surface area contributed by atoms with E-state index in [-0.39, 0.29) is 36.4 Å². The fraction of sp³-hybridized carbons (Fsp3) is 0.308. The van der Waals surface area contributed by atoms with E-state index >= 15 is 0 Å². The van der Waals surface area contributed by atoms with E-state index in [1.807, 2.05) is 38.1 Å². The maximum absolute atomic E-state index is 12.7. The Morgan fingerprint density at radius 1 is 1.06 bits per heavy atom. The highest BCUT2D eigenvalue weighted by Gasteiger charge is 2.29. The highest BCUT2D eigenvalue weighted by molar-refractivity contribution is 5.92. The zero-order chi connectivity index (χ0) is 25.1. The zero-order valence-corrected chi connectivity index (χ0v) is 19.8. The first-order valence-electron chi connectivity index (χ1n) is 11.4. The fourth-order valence-corrected chi connectivity index (χ4v) is 4.37. The molecule has 0 radical (unpaired) electrons. The lowest BCUT2D eigenvalue weighted by molar-refractivity contribution is -0.116. The molecule has 0 spiro atoms. The Morgan fingerprint density at radius 3 is 2.20 bits per heavy atom. The molecule has 9 heteroatoms. The number of ether oxygens (including phenoxy) is 1. The lowest BCUT2D eigenvalue weighted by Crippen LogP contribution is -2.41. The number of carboxylic acid groups (broad SMARTS) is 1. The highest BCUT2D eigenvalue weighted by atomic mass is 16.5. The third-order valence-corrected chi connectivity index (χ3v) is 6.22. The van der Waals surface area contributed by atoms with Crippen molar-refractivity contribution in [3.8, 4) is 11.1 Å². The number of aromatic nitrogens is 2. The lowest BCUT2D eigenvalue weighted by Gasteiger charge is -2.22. The molecular weight excluding hydrogens is 448 g/mol. The molecule has 0 aliphatic heterocycles. The summed E-state index contributed by atoms with van der Waals surface area (Å²) in [6.45, 7) is 3.97. The van der Waals surface area contributed by atoms with E-state index < -0.39 is 24.0 Å². The average Bonchev–Trinajstić information content (AvgIpc) is 3.34. The Balaban J connectivity index is 1.36. The van der Waals surface area contributed by atoms with Crippen LogP contribution >= 0.6 is 0 Å². The van der Waals surface area contributed by atoms with Gasteiger partial charge in [-0.25, -0.2) is 9.59 Å². The van der Waals surface area contributed by atoms with Gasteiger partial charge in [-0.2, -0.15) is 5.10 Å². The normalized spacial score (nSPS) is 13.1. The van der Waals surface area contributed by atoms with Crippen LogP contribution in [0.1, 0.15) is 47.8 Å². The molecule has 4 rings (SSSR count). The SMILES string of the molecule is CC(C)[C@@H](CC(=O)Nc1cc(C(=O)O)n(C)n1)NC(=O)OCC1c2ccccc2-c2ccccc21. The van der Waals surface area contributed by atoms with Crippen LogP contribution in [0.15, 0.2) is 54.6 Å². The maximum atomic E-state index is 12.7. The van der Waals surface area contributed by atoms with Gasteiger partial charge in [0.1, 0.15) is 12.3 Å². The number of aryl methyl sites for hydroxylation is 1. The quantitative estimate of drug-likeness (QED) is 0.452. The van der Waals surface area contributed by atoms with Crippen molar-refractivity contribution in [1.29, 1.82) is 0 Å². The summed E-state index contributed by atoms with van der Waals surface area (Å²) >= 11 is 0. The Kier molecular flexibility index (Phi) is 6.86. The molecule has 0 bridgehead atoms. The molecule has 1 aliphatic rings. The predicted molar refractivity (Wildman–Crippen MR) is 130 cm³/mol. The Morgan fingerprint density at radius 2 is 1.66 bits per heavy atom. The molecule has 1 aromatic heterocycles. The van der Waals surface area contributed by atoms with Crippen LogP contribution in [0.5, 0.6) is 0 Å². The van der Waals surface area contributed by atoms with Crippen molar-refractivity contribution in [2.24, 2.45) is 13.0 Å². The first-order valence-corrected chi connectivity index (χ1v) is 11.4. The summed E-state index contributed by atoms with van der Waals surface area (Å²) in [5.41, 5.74) is 4.50. The minimum atomic E-state index is -1.14. The number of nitrogens with zero attached hydrogens (tertiary/aromatic N) is 2. The van der Waals surface area contributed by atoms with Crippen molar-refractivity contribution in [3.63, 3.8) is 0 Å². The number of hydrogen-bond donors (Lipinski definition) is 3. The molecule has 1 heterocycles. The topological polar surface area (TPSA) is 123 Å². The molecule has 1 atom stereocenters. The van der Waals surface area contributed by atoms with Gasteiger partial charge in [0.15, 0.2) is 5.82 Å². The molecule has 1 aliphatic carbocycles. The molecule has 182 valence electrons. The minimum absolute atomic E-state index is 0.0131. The summed E-state index contributed by atoms with van der Waals surface area (Å²) in [6, 6.07) is 17.0. The van der Waals surface area contributed by atoms with Crippen molar-refractivity contribution in [2.45, 2.75) is 32.2 Å². The van der Waals surface area contributed by atoms with Crippen LogP contribution in [0.25, 0.3) is 11.1 Å². The van der Waals surface area contributed by atoms with E-state index in [1.54, 1.807) is 0 Å². The second kappa shape index (κ2) is 10.0. The smallest absolute Gasteiger partial charge is 0.407 e. The van der Waals surface area contributed by atoms with Crippen molar-refractivity contribution in [2.75, 3.05) is 11.9 Å². The van der Waals surface area contributed by atoms with E-state index in [4.69, 9.17) is 9.84 Å². The van der Waals surface area contributed by atoms with Crippen LogP contribution in [-0.2, 0) is 16.6 Å². The molecule has 0 fully saturated rings. The van der Waals surface area contributed by atoms with Crippen molar-refractivity contribution >= 4 is 23.8 Å². The Bertz CT molecular complexity index is 1220. The van der Waals surface area contributed by atoms with Gasteiger partial charge in [-0.15, -0.1) is 0 Å². The van der Waals surface area contributed by atoms with Crippen LogP contribution in [-0.4, -0.2) is 45.5 Å². The van der Waals surface area contributed by atoms with Gasteiger partial charge in [-0.1, -0.05) is 62.4 Å².